The van der Waals surface area contributed by atoms with E-state index < -0.39 is 18.9 Å². The average Bonchev–Trinajstić information content (AvgIpc) is 1.99. The van der Waals surface area contributed by atoms with Gasteiger partial charge in [0, 0.05) is 0 Å². The van der Waals surface area contributed by atoms with Crippen molar-refractivity contribution < 1.29 is 24.5 Å². The van der Waals surface area contributed by atoms with Crippen molar-refractivity contribution in [3.05, 3.63) is 0 Å². The molecule has 2 N–H and O–H groups in total. The van der Waals surface area contributed by atoms with Crippen LogP contribution in [0.1, 0.15) is 0 Å². The van der Waals surface area contributed by atoms with E-state index in [4.69, 9.17) is 10.2 Å². The Morgan fingerprint density at radius 2 is 2.30 bits per heavy atom. The number of hydrogen-bond acceptors (Lipinski definition) is 5. The van der Waals surface area contributed by atoms with Gasteiger partial charge in [-0.1, -0.05) is 0 Å². The van der Waals surface area contributed by atoms with Crippen molar-refractivity contribution in [1.29, 1.82) is 0 Å². The van der Waals surface area contributed by atoms with E-state index in [-0.39, 0.29) is 6.61 Å². The number of carbonyl (C=O) groups is 1. The van der Waals surface area contributed by atoms with E-state index in [1.165, 1.54) is 0 Å². The first kappa shape index (κ1) is 9.19. The van der Waals surface area contributed by atoms with E-state index in [1.807, 2.05) is 0 Å². The molecule has 0 fully saturated rings. The van der Waals surface area contributed by atoms with Crippen LogP contribution in [-0.2, 0) is 9.47 Å². The Morgan fingerprint density at radius 1 is 1.70 bits per heavy atom. The third-order valence-electron chi connectivity index (χ3n) is 0.771. The Hall–Kier alpha value is -0.810. The van der Waals surface area contributed by atoms with E-state index >= 15 is 0 Å². The monoisotopic (exact) mass is 150 g/mol. The minimum atomic E-state index is -1.03. The molecule has 0 aliphatic rings. The highest BCUT2D eigenvalue weighted by Crippen LogP contribution is 1.86. The van der Waals surface area contributed by atoms with Gasteiger partial charge in [-0.3, -0.25) is 0 Å². The fourth-order valence-electron chi connectivity index (χ4n) is 0.276. The molecule has 0 aliphatic carbocycles. The number of rotatable bonds is 3. The highest BCUT2D eigenvalue weighted by molar-refractivity contribution is 5.59. The van der Waals surface area contributed by atoms with Crippen LogP contribution in [0.5, 0.6) is 0 Å². The van der Waals surface area contributed by atoms with Crippen molar-refractivity contribution in [2.45, 2.75) is 6.10 Å². The van der Waals surface area contributed by atoms with Crippen LogP contribution in [0.3, 0.4) is 0 Å². The van der Waals surface area contributed by atoms with Gasteiger partial charge in [0.25, 0.3) is 0 Å². The lowest BCUT2D eigenvalue weighted by molar-refractivity contribution is 0.00780. The van der Waals surface area contributed by atoms with Crippen molar-refractivity contribution >= 4 is 6.16 Å². The van der Waals surface area contributed by atoms with Gasteiger partial charge in [0.1, 0.15) is 12.7 Å². The lowest BCUT2D eigenvalue weighted by Crippen LogP contribution is -2.21. The number of ether oxygens (including phenoxy) is 2. The van der Waals surface area contributed by atoms with Crippen LogP contribution in [0.2, 0.25) is 0 Å². The molecule has 0 bridgehead atoms. The molecule has 0 amide bonds. The summed E-state index contributed by atoms with van der Waals surface area (Å²) in [6, 6.07) is 0. The maximum Gasteiger partial charge on any atom is 0.508 e. The fourth-order valence-corrected chi connectivity index (χ4v) is 0.276. The molecule has 0 heterocycles. The van der Waals surface area contributed by atoms with Crippen LogP contribution in [0.15, 0.2) is 0 Å². The second-order valence-electron chi connectivity index (χ2n) is 1.60. The molecule has 5 nitrogen and oxygen atoms in total. The van der Waals surface area contributed by atoms with E-state index in [1.54, 1.807) is 0 Å². The normalized spacial score (nSPS) is 12.3. The molecule has 0 spiro atoms. The minimum Gasteiger partial charge on any atom is -0.438 e. The van der Waals surface area contributed by atoms with Gasteiger partial charge in [-0.15, -0.1) is 0 Å². The summed E-state index contributed by atoms with van der Waals surface area (Å²) in [6.07, 6.45) is -1.90. The van der Waals surface area contributed by atoms with Crippen molar-refractivity contribution in [2.75, 3.05) is 20.3 Å². The van der Waals surface area contributed by atoms with E-state index in [9.17, 15) is 4.79 Å². The van der Waals surface area contributed by atoms with Gasteiger partial charge >= 0.3 is 6.16 Å². The summed E-state index contributed by atoms with van der Waals surface area (Å²) in [4.78, 5) is 10.2. The van der Waals surface area contributed by atoms with Gasteiger partial charge in [0.2, 0.25) is 0 Å². The lowest BCUT2D eigenvalue weighted by atomic mass is 10.4. The summed E-state index contributed by atoms with van der Waals surface area (Å²) < 4.78 is 8.36. The van der Waals surface area contributed by atoms with Crippen LogP contribution in [-0.4, -0.2) is 42.8 Å². The molecule has 1 unspecified atom stereocenters. The SMILES string of the molecule is COC(=O)OCC(O)CO. The summed E-state index contributed by atoms with van der Waals surface area (Å²) in [5.41, 5.74) is 0. The molecule has 0 aromatic rings. The highest BCUT2D eigenvalue weighted by atomic mass is 16.7. The summed E-state index contributed by atoms with van der Waals surface area (Å²) >= 11 is 0. The van der Waals surface area contributed by atoms with E-state index in [0.29, 0.717) is 0 Å². The number of hydrogen-bond donors (Lipinski definition) is 2. The first-order chi connectivity index (χ1) is 4.70. The fraction of sp³-hybridized carbons (Fsp3) is 0.800. The predicted molar refractivity (Wildman–Crippen MR) is 31.4 cm³/mol. The number of aliphatic hydroxyl groups excluding tert-OH is 2. The quantitative estimate of drug-likeness (QED) is 0.511. The zero-order chi connectivity index (χ0) is 7.98. The molecule has 0 aromatic heterocycles. The molecule has 0 saturated heterocycles. The van der Waals surface area contributed by atoms with Gasteiger partial charge in [-0.2, -0.15) is 0 Å². The largest absolute Gasteiger partial charge is 0.508 e. The van der Waals surface area contributed by atoms with Crippen LogP contribution in [0.25, 0.3) is 0 Å². The minimum absolute atomic E-state index is 0.247. The Morgan fingerprint density at radius 3 is 2.70 bits per heavy atom. The predicted octanol–water partition coefficient (Wildman–Crippen LogP) is -0.877. The van der Waals surface area contributed by atoms with Crippen LogP contribution < -0.4 is 0 Å². The van der Waals surface area contributed by atoms with Gasteiger partial charge in [-0.05, 0) is 0 Å². The second-order valence-corrected chi connectivity index (χ2v) is 1.60. The maximum atomic E-state index is 10.2. The van der Waals surface area contributed by atoms with Gasteiger partial charge in [-0.25, -0.2) is 4.79 Å². The second kappa shape index (κ2) is 5.01. The van der Waals surface area contributed by atoms with Crippen molar-refractivity contribution in [3.8, 4) is 0 Å². The Bertz CT molecular complexity index is 102. The lowest BCUT2D eigenvalue weighted by Gasteiger charge is -2.05. The Kier molecular flexibility index (Phi) is 4.61. The summed E-state index contributed by atoms with van der Waals surface area (Å²) in [6.45, 7) is -0.680. The Balaban J connectivity index is 3.26. The van der Waals surface area contributed by atoms with Gasteiger partial charge in [0.05, 0.1) is 13.7 Å². The van der Waals surface area contributed by atoms with Crippen LogP contribution >= 0.6 is 0 Å². The molecular formula is C5H10O5. The molecule has 0 aliphatic heterocycles. The molecule has 0 radical (unpaired) electrons. The smallest absolute Gasteiger partial charge is 0.438 e. The first-order valence-corrected chi connectivity index (χ1v) is 2.70. The summed E-state index contributed by atoms with van der Waals surface area (Å²) in [5, 5.41) is 16.9. The maximum absolute atomic E-state index is 10.2. The topological polar surface area (TPSA) is 76.0 Å². The standard InChI is InChI=1S/C5H10O5/c1-9-5(8)10-3-4(7)2-6/h4,6-7H,2-3H2,1H3. The number of methoxy groups -OCH3 is 1. The van der Waals surface area contributed by atoms with Gasteiger partial charge in [0.15, 0.2) is 0 Å². The highest BCUT2D eigenvalue weighted by Gasteiger charge is 2.05. The molecule has 10 heavy (non-hydrogen) atoms. The first-order valence-electron chi connectivity index (χ1n) is 2.70. The molecule has 0 aromatic carbocycles. The molecule has 1 atom stereocenters. The van der Waals surface area contributed by atoms with Crippen molar-refractivity contribution in [3.63, 3.8) is 0 Å². The third kappa shape index (κ3) is 4.11. The van der Waals surface area contributed by atoms with Crippen molar-refractivity contribution in [1.82, 2.24) is 0 Å². The van der Waals surface area contributed by atoms with Crippen LogP contribution in [0, 0.1) is 0 Å². The summed E-state index contributed by atoms with van der Waals surface area (Å²) in [7, 11) is 1.16. The zero-order valence-electron chi connectivity index (χ0n) is 5.61. The zero-order valence-corrected chi connectivity index (χ0v) is 5.61. The molecule has 0 saturated carbocycles. The number of carbonyl (C=O) groups excluding carboxylic acids is 1. The average molecular weight is 150 g/mol. The molecule has 5 heteroatoms. The molecular weight excluding hydrogens is 140 g/mol. The summed E-state index contributed by atoms with van der Waals surface area (Å²) in [5.74, 6) is 0. The third-order valence-corrected chi connectivity index (χ3v) is 0.771. The molecule has 0 rings (SSSR count). The van der Waals surface area contributed by atoms with Crippen LogP contribution in [0.4, 0.5) is 4.79 Å². The number of aliphatic hydroxyl groups is 2. The van der Waals surface area contributed by atoms with Gasteiger partial charge < -0.3 is 19.7 Å². The van der Waals surface area contributed by atoms with Crippen molar-refractivity contribution in [2.24, 2.45) is 0 Å². The molecule has 60 valence electrons. The Labute approximate surface area is 58.2 Å². The van der Waals surface area contributed by atoms with E-state index in [2.05, 4.69) is 9.47 Å². The van der Waals surface area contributed by atoms with E-state index in [0.717, 1.165) is 7.11 Å².